The van der Waals surface area contributed by atoms with Crippen LogP contribution in [0.5, 0.6) is 5.75 Å². The first-order valence-electron chi connectivity index (χ1n) is 6.11. The number of carbonyl (C=O) groups is 1. The highest BCUT2D eigenvalue weighted by Gasteiger charge is 2.08. The molecule has 0 bridgehead atoms. The number of hydrogen-bond acceptors (Lipinski definition) is 3. The fraction of sp³-hybridized carbons (Fsp3) is 0.357. The molecule has 0 aliphatic carbocycles. The van der Waals surface area contributed by atoms with Gasteiger partial charge in [0.25, 0.3) is 0 Å². The van der Waals surface area contributed by atoms with E-state index in [1.165, 1.54) is 0 Å². The minimum absolute atomic E-state index is 0.195. The number of aromatic amines is 1. The topological polar surface area (TPSA) is 68.1 Å². The number of carbonyl (C=O) groups excluding carboxylic acids is 1. The normalized spacial score (nSPS) is 11.1. The van der Waals surface area contributed by atoms with Crippen LogP contribution in [0.15, 0.2) is 24.3 Å². The molecule has 0 fully saturated rings. The molecule has 0 saturated heterocycles. The largest absolute Gasteiger partial charge is 0.426 e. The summed E-state index contributed by atoms with van der Waals surface area (Å²) in [5.74, 6) is 0.687. The maximum Gasteiger partial charge on any atom is 0.311 e. The molecular formula is C14H18N2O2. The van der Waals surface area contributed by atoms with E-state index in [0.717, 1.165) is 16.6 Å². The molecule has 3 N–H and O–H groups in total. The zero-order valence-corrected chi connectivity index (χ0v) is 10.7. The summed E-state index contributed by atoms with van der Waals surface area (Å²) in [5.41, 5.74) is 7.54. The van der Waals surface area contributed by atoms with Crippen LogP contribution in [0.25, 0.3) is 10.9 Å². The van der Waals surface area contributed by atoms with Crippen LogP contribution in [0.2, 0.25) is 0 Å². The van der Waals surface area contributed by atoms with E-state index >= 15 is 0 Å². The van der Waals surface area contributed by atoms with Crippen molar-refractivity contribution in [1.82, 2.24) is 4.98 Å². The molecule has 0 atom stereocenters. The number of hydrogen-bond donors (Lipinski definition) is 2. The monoisotopic (exact) mass is 246 g/mol. The maximum atomic E-state index is 11.6. The van der Waals surface area contributed by atoms with Gasteiger partial charge in [0.1, 0.15) is 5.75 Å². The molecule has 2 aromatic rings. The van der Waals surface area contributed by atoms with E-state index in [4.69, 9.17) is 10.5 Å². The van der Waals surface area contributed by atoms with Gasteiger partial charge in [0.2, 0.25) is 0 Å². The molecule has 1 heterocycles. The van der Waals surface area contributed by atoms with Crippen molar-refractivity contribution in [3.8, 4) is 5.75 Å². The van der Waals surface area contributed by atoms with Crippen LogP contribution in [0.4, 0.5) is 0 Å². The Morgan fingerprint density at radius 1 is 1.39 bits per heavy atom. The van der Waals surface area contributed by atoms with Crippen LogP contribution in [0, 0.1) is 5.92 Å². The third kappa shape index (κ3) is 2.90. The predicted molar refractivity (Wildman–Crippen MR) is 71.3 cm³/mol. The average molecular weight is 246 g/mol. The first-order valence-corrected chi connectivity index (χ1v) is 6.11. The molecule has 0 unspecified atom stereocenters. The molecule has 0 aliphatic heterocycles. The van der Waals surface area contributed by atoms with Crippen LogP contribution >= 0.6 is 0 Å². The second-order valence-corrected chi connectivity index (χ2v) is 4.82. The molecule has 0 radical (unpaired) electrons. The predicted octanol–water partition coefficient (Wildman–Crippen LogP) is 2.58. The smallest absolute Gasteiger partial charge is 0.311 e. The third-order valence-corrected chi connectivity index (χ3v) is 2.67. The van der Waals surface area contributed by atoms with Crippen molar-refractivity contribution >= 4 is 16.9 Å². The van der Waals surface area contributed by atoms with Crippen molar-refractivity contribution in [3.05, 3.63) is 30.0 Å². The Labute approximate surface area is 106 Å². The second-order valence-electron chi connectivity index (χ2n) is 4.82. The number of rotatable bonds is 4. The third-order valence-electron chi connectivity index (χ3n) is 2.67. The lowest BCUT2D eigenvalue weighted by molar-refractivity contribution is -0.135. The highest BCUT2D eigenvalue weighted by atomic mass is 16.5. The first kappa shape index (κ1) is 12.6. The molecule has 1 aromatic heterocycles. The Morgan fingerprint density at radius 2 is 2.17 bits per heavy atom. The maximum absolute atomic E-state index is 11.6. The Bertz CT molecular complexity index is 558. The van der Waals surface area contributed by atoms with Crippen LogP contribution in [0.1, 0.15) is 26.0 Å². The van der Waals surface area contributed by atoms with E-state index in [2.05, 4.69) is 4.98 Å². The van der Waals surface area contributed by atoms with E-state index in [0.29, 0.717) is 24.6 Å². The quantitative estimate of drug-likeness (QED) is 0.643. The number of nitrogens with one attached hydrogen (secondary N) is 1. The van der Waals surface area contributed by atoms with Gasteiger partial charge in [0.15, 0.2) is 0 Å². The van der Waals surface area contributed by atoms with Gasteiger partial charge in [-0.25, -0.2) is 0 Å². The number of esters is 1. The van der Waals surface area contributed by atoms with Gasteiger partial charge in [-0.15, -0.1) is 0 Å². The van der Waals surface area contributed by atoms with Gasteiger partial charge in [0.05, 0.1) is 0 Å². The molecule has 4 heteroatoms. The highest BCUT2D eigenvalue weighted by Crippen LogP contribution is 2.22. The number of benzene rings is 1. The van der Waals surface area contributed by atoms with Gasteiger partial charge >= 0.3 is 5.97 Å². The van der Waals surface area contributed by atoms with Crippen LogP contribution in [0.3, 0.4) is 0 Å². The molecule has 18 heavy (non-hydrogen) atoms. The van der Waals surface area contributed by atoms with E-state index in [-0.39, 0.29) is 5.97 Å². The van der Waals surface area contributed by atoms with Crippen LogP contribution < -0.4 is 10.5 Å². The van der Waals surface area contributed by atoms with Crippen molar-refractivity contribution < 1.29 is 9.53 Å². The number of nitrogens with two attached hydrogens (primary N) is 1. The lowest BCUT2D eigenvalue weighted by atomic mass is 10.1. The number of aromatic nitrogens is 1. The summed E-state index contributed by atoms with van der Waals surface area (Å²) >= 11 is 0. The summed E-state index contributed by atoms with van der Waals surface area (Å²) < 4.78 is 5.29. The van der Waals surface area contributed by atoms with Gasteiger partial charge in [-0.05, 0) is 30.2 Å². The molecule has 0 saturated carbocycles. The van der Waals surface area contributed by atoms with Gasteiger partial charge in [0, 0.05) is 29.6 Å². The van der Waals surface area contributed by atoms with Gasteiger partial charge in [-0.3, -0.25) is 4.79 Å². The minimum Gasteiger partial charge on any atom is -0.426 e. The molecule has 0 amide bonds. The highest BCUT2D eigenvalue weighted by molar-refractivity contribution is 5.83. The second kappa shape index (κ2) is 5.23. The Balaban J connectivity index is 2.16. The Hall–Kier alpha value is -1.81. The van der Waals surface area contributed by atoms with Crippen molar-refractivity contribution in [2.75, 3.05) is 0 Å². The summed E-state index contributed by atoms with van der Waals surface area (Å²) in [6, 6.07) is 7.50. The molecule has 0 spiro atoms. The lowest BCUT2D eigenvalue weighted by Crippen LogP contribution is -2.10. The van der Waals surface area contributed by atoms with Crippen molar-refractivity contribution in [3.63, 3.8) is 0 Å². The number of ether oxygens (including phenoxy) is 1. The van der Waals surface area contributed by atoms with E-state index in [1.54, 1.807) is 6.07 Å². The SMILES string of the molecule is CC(C)CC(=O)Oc1ccc2[nH]c(CN)cc2c1. The minimum atomic E-state index is -0.195. The fourth-order valence-corrected chi connectivity index (χ4v) is 1.85. The molecule has 4 nitrogen and oxygen atoms in total. The summed E-state index contributed by atoms with van der Waals surface area (Å²) in [7, 11) is 0. The van der Waals surface area contributed by atoms with Gasteiger partial charge < -0.3 is 15.5 Å². The van der Waals surface area contributed by atoms with Gasteiger partial charge in [-0.2, -0.15) is 0 Å². The zero-order valence-electron chi connectivity index (χ0n) is 10.7. The molecular weight excluding hydrogens is 228 g/mol. The number of H-pyrrole nitrogens is 1. The van der Waals surface area contributed by atoms with Crippen molar-refractivity contribution in [1.29, 1.82) is 0 Å². The molecule has 1 aromatic carbocycles. The summed E-state index contributed by atoms with van der Waals surface area (Å²) in [5, 5.41) is 1.00. The molecule has 96 valence electrons. The first-order chi connectivity index (χ1) is 8.58. The van der Waals surface area contributed by atoms with Gasteiger partial charge in [-0.1, -0.05) is 13.8 Å². The number of fused-ring (bicyclic) bond motifs is 1. The molecule has 0 aliphatic rings. The van der Waals surface area contributed by atoms with Crippen LogP contribution in [-0.2, 0) is 11.3 Å². The van der Waals surface area contributed by atoms with E-state index < -0.39 is 0 Å². The average Bonchev–Trinajstić information content (AvgIpc) is 2.69. The van der Waals surface area contributed by atoms with E-state index in [1.807, 2.05) is 32.0 Å². The summed E-state index contributed by atoms with van der Waals surface area (Å²) in [6.07, 6.45) is 0.430. The Kier molecular flexibility index (Phi) is 3.67. The Morgan fingerprint density at radius 3 is 2.83 bits per heavy atom. The van der Waals surface area contributed by atoms with Crippen LogP contribution in [-0.4, -0.2) is 11.0 Å². The van der Waals surface area contributed by atoms with Crippen molar-refractivity contribution in [2.24, 2.45) is 11.7 Å². The zero-order chi connectivity index (χ0) is 13.1. The summed E-state index contributed by atoms with van der Waals surface area (Å²) in [4.78, 5) is 14.8. The fourth-order valence-electron chi connectivity index (χ4n) is 1.85. The lowest BCUT2D eigenvalue weighted by Gasteiger charge is -2.06. The van der Waals surface area contributed by atoms with E-state index in [9.17, 15) is 4.79 Å². The standard InChI is InChI=1S/C14H18N2O2/c1-9(2)5-14(17)18-12-3-4-13-10(7-12)6-11(8-15)16-13/h3-4,6-7,9,16H,5,8,15H2,1-2H3. The van der Waals surface area contributed by atoms with Crippen molar-refractivity contribution in [2.45, 2.75) is 26.8 Å². The summed E-state index contributed by atoms with van der Waals surface area (Å²) in [6.45, 7) is 4.45. The molecule has 2 rings (SSSR count).